The molecule has 0 aliphatic heterocycles. The first kappa shape index (κ1) is 25.6. The molecule has 0 N–H and O–H groups in total. The lowest BCUT2D eigenvalue weighted by atomic mass is 9.53. The third-order valence-corrected chi connectivity index (χ3v) is 11.6. The van der Waals surface area contributed by atoms with Crippen LogP contribution in [0.5, 0.6) is 0 Å². The average Bonchev–Trinajstić information content (AvgIpc) is 2.83. The largest absolute Gasteiger partial charge is 0.0651 e. The molecule has 3 fully saturated rings. The van der Waals surface area contributed by atoms with E-state index in [0.29, 0.717) is 5.41 Å². The highest BCUT2D eigenvalue weighted by Gasteiger charge is 2.51. The van der Waals surface area contributed by atoms with Crippen LogP contribution < -0.4 is 0 Å². The summed E-state index contributed by atoms with van der Waals surface area (Å²) in [6.07, 6.45) is 17.8. The molecule has 3 aliphatic rings. The minimum absolute atomic E-state index is 0.637. The number of hydrogen-bond donors (Lipinski definition) is 0. The summed E-state index contributed by atoms with van der Waals surface area (Å²) in [6.45, 7) is 20.7. The second-order valence-corrected chi connectivity index (χ2v) is 13.4. The molecule has 11 unspecified atom stereocenters. The van der Waals surface area contributed by atoms with Crippen molar-refractivity contribution in [1.29, 1.82) is 0 Å². The van der Waals surface area contributed by atoms with Crippen molar-refractivity contribution >= 4 is 0 Å². The van der Waals surface area contributed by atoms with E-state index in [4.69, 9.17) is 0 Å². The molecule has 0 bridgehead atoms. The van der Waals surface area contributed by atoms with Crippen molar-refractivity contribution in [1.82, 2.24) is 0 Å². The zero-order chi connectivity index (χ0) is 22.8. The van der Waals surface area contributed by atoms with Crippen molar-refractivity contribution in [3.63, 3.8) is 0 Å². The Morgan fingerprint density at radius 2 is 1.48 bits per heavy atom. The molecule has 11 atom stereocenters. The Labute approximate surface area is 197 Å². The summed E-state index contributed by atoms with van der Waals surface area (Å²) in [5.41, 5.74) is 0.637. The molecule has 182 valence electrons. The van der Waals surface area contributed by atoms with Crippen molar-refractivity contribution in [2.75, 3.05) is 0 Å². The summed E-state index contributed by atoms with van der Waals surface area (Å²) in [7, 11) is 0. The molecular weight excluding hydrogens is 372 g/mol. The van der Waals surface area contributed by atoms with E-state index < -0.39 is 0 Å². The van der Waals surface area contributed by atoms with Gasteiger partial charge >= 0.3 is 0 Å². The molecule has 31 heavy (non-hydrogen) atoms. The molecule has 3 rings (SSSR count). The Balaban J connectivity index is 1.77. The third kappa shape index (κ3) is 5.40. The highest BCUT2D eigenvalue weighted by molar-refractivity contribution is 5.00. The van der Waals surface area contributed by atoms with Crippen LogP contribution in [0.4, 0.5) is 0 Å². The molecule has 3 aliphatic carbocycles. The second kappa shape index (κ2) is 11.0. The van der Waals surface area contributed by atoms with Gasteiger partial charge in [-0.2, -0.15) is 0 Å². The normalized spacial score (nSPS) is 44.7. The molecule has 0 aromatic carbocycles. The van der Waals surface area contributed by atoms with Crippen LogP contribution in [0.1, 0.15) is 132 Å². The van der Waals surface area contributed by atoms with Gasteiger partial charge in [-0.25, -0.2) is 0 Å². The summed E-state index contributed by atoms with van der Waals surface area (Å²) in [5.74, 6) is 9.43. The molecule has 0 heterocycles. The highest BCUT2D eigenvalue weighted by atomic mass is 14.6. The van der Waals surface area contributed by atoms with Crippen molar-refractivity contribution in [3.8, 4) is 0 Å². The summed E-state index contributed by atoms with van der Waals surface area (Å²) in [4.78, 5) is 0. The van der Waals surface area contributed by atoms with E-state index in [9.17, 15) is 0 Å². The van der Waals surface area contributed by atoms with Gasteiger partial charge in [0.25, 0.3) is 0 Å². The Hall–Kier alpha value is 0. The standard InChI is InChI=1S/C31H58/c1-9-28(24(6)20-25(7)29-14-12-11-13-23(29)5)30-19-22(4)18-27-17-21(3)15-16-31(27,10-2)26(30)8/h21-30H,9-20H2,1-8H3. The lowest BCUT2D eigenvalue weighted by molar-refractivity contribution is -0.0273. The number of rotatable bonds is 7. The minimum Gasteiger partial charge on any atom is -0.0651 e. The summed E-state index contributed by atoms with van der Waals surface area (Å²) in [6, 6.07) is 0. The summed E-state index contributed by atoms with van der Waals surface area (Å²) >= 11 is 0. The van der Waals surface area contributed by atoms with Gasteiger partial charge in [0.05, 0.1) is 0 Å². The third-order valence-electron chi connectivity index (χ3n) is 11.6. The van der Waals surface area contributed by atoms with Crippen molar-refractivity contribution in [3.05, 3.63) is 0 Å². The molecule has 0 spiro atoms. The number of hydrogen-bond acceptors (Lipinski definition) is 0. The Kier molecular flexibility index (Phi) is 9.05. The van der Waals surface area contributed by atoms with Crippen molar-refractivity contribution in [2.24, 2.45) is 64.6 Å². The van der Waals surface area contributed by atoms with Gasteiger partial charge in [-0.15, -0.1) is 0 Å². The Morgan fingerprint density at radius 3 is 2.13 bits per heavy atom. The van der Waals surface area contributed by atoms with Gasteiger partial charge in [0.15, 0.2) is 0 Å². The Morgan fingerprint density at radius 1 is 0.806 bits per heavy atom. The molecule has 0 aromatic heterocycles. The molecule has 0 saturated heterocycles. The van der Waals surface area contributed by atoms with E-state index in [-0.39, 0.29) is 0 Å². The maximum absolute atomic E-state index is 2.72. The van der Waals surface area contributed by atoms with Gasteiger partial charge in [-0.1, -0.05) is 87.5 Å². The van der Waals surface area contributed by atoms with E-state index in [1.165, 1.54) is 77.0 Å². The van der Waals surface area contributed by atoms with Crippen LogP contribution in [0.3, 0.4) is 0 Å². The fourth-order valence-electron chi connectivity index (χ4n) is 9.75. The second-order valence-electron chi connectivity index (χ2n) is 13.4. The van der Waals surface area contributed by atoms with Crippen LogP contribution >= 0.6 is 0 Å². The van der Waals surface area contributed by atoms with Gasteiger partial charge in [0.1, 0.15) is 0 Å². The maximum Gasteiger partial charge on any atom is -0.0243 e. The van der Waals surface area contributed by atoms with Gasteiger partial charge in [-0.3, -0.25) is 0 Å². The zero-order valence-corrected chi connectivity index (χ0v) is 22.8. The minimum atomic E-state index is 0.637. The van der Waals surface area contributed by atoms with Gasteiger partial charge < -0.3 is 0 Å². The van der Waals surface area contributed by atoms with E-state index in [1.807, 2.05) is 0 Å². The molecule has 0 aromatic rings. The van der Waals surface area contributed by atoms with E-state index in [2.05, 4.69) is 55.4 Å². The predicted molar refractivity (Wildman–Crippen MR) is 138 cm³/mol. The Bertz CT molecular complexity index is 536. The average molecular weight is 431 g/mol. The van der Waals surface area contributed by atoms with Crippen LogP contribution in [0.25, 0.3) is 0 Å². The van der Waals surface area contributed by atoms with Crippen LogP contribution in [0, 0.1) is 64.6 Å². The SMILES string of the molecule is CCC(C(C)CC(C)C1CCCCC1C)C1CC(C)CC2CC(C)CCC2(CC)C1C. The smallest absolute Gasteiger partial charge is 0.0243 e. The molecule has 3 saturated carbocycles. The van der Waals surface area contributed by atoms with Crippen LogP contribution in [-0.4, -0.2) is 0 Å². The van der Waals surface area contributed by atoms with E-state index in [1.54, 1.807) is 0 Å². The molecule has 0 heteroatoms. The van der Waals surface area contributed by atoms with Crippen molar-refractivity contribution in [2.45, 2.75) is 132 Å². The quantitative estimate of drug-likeness (QED) is 0.377. The molecule has 0 nitrogen and oxygen atoms in total. The predicted octanol–water partition coefficient (Wildman–Crippen LogP) is 10.0. The lowest BCUT2D eigenvalue weighted by Crippen LogP contribution is -2.44. The number of fused-ring (bicyclic) bond motifs is 1. The molecule has 0 amide bonds. The maximum atomic E-state index is 2.72. The van der Waals surface area contributed by atoms with Crippen molar-refractivity contribution < 1.29 is 0 Å². The van der Waals surface area contributed by atoms with Crippen LogP contribution in [0.15, 0.2) is 0 Å². The zero-order valence-electron chi connectivity index (χ0n) is 22.8. The van der Waals surface area contributed by atoms with E-state index >= 15 is 0 Å². The molecule has 0 radical (unpaired) electrons. The topological polar surface area (TPSA) is 0 Å². The first-order valence-corrected chi connectivity index (χ1v) is 14.7. The van der Waals surface area contributed by atoms with Gasteiger partial charge in [-0.05, 0) is 110 Å². The molecular formula is C31H58. The fraction of sp³-hybridized carbons (Fsp3) is 1.00. The summed E-state index contributed by atoms with van der Waals surface area (Å²) in [5, 5.41) is 0. The first-order chi connectivity index (χ1) is 14.7. The highest BCUT2D eigenvalue weighted by Crippen LogP contribution is 2.59. The lowest BCUT2D eigenvalue weighted by Gasteiger charge is -2.52. The van der Waals surface area contributed by atoms with Crippen LogP contribution in [-0.2, 0) is 0 Å². The summed E-state index contributed by atoms with van der Waals surface area (Å²) < 4.78 is 0. The van der Waals surface area contributed by atoms with Crippen LogP contribution in [0.2, 0.25) is 0 Å². The van der Waals surface area contributed by atoms with Gasteiger partial charge in [0.2, 0.25) is 0 Å². The monoisotopic (exact) mass is 430 g/mol. The van der Waals surface area contributed by atoms with Gasteiger partial charge in [0, 0.05) is 0 Å². The van der Waals surface area contributed by atoms with E-state index in [0.717, 1.165) is 59.2 Å². The fourth-order valence-corrected chi connectivity index (χ4v) is 9.75. The first-order valence-electron chi connectivity index (χ1n) is 14.7.